The van der Waals surface area contributed by atoms with E-state index >= 15 is 0 Å². The number of alkyl halides is 2. The van der Waals surface area contributed by atoms with Gasteiger partial charge >= 0.3 is 6.61 Å². The number of benzene rings is 2. The Morgan fingerprint density at radius 3 is 2.70 bits per heavy atom. The molecule has 33 heavy (non-hydrogen) atoms. The molecule has 0 bridgehead atoms. The Kier molecular flexibility index (Phi) is 8.15. The maximum absolute atomic E-state index is 13.2. The summed E-state index contributed by atoms with van der Waals surface area (Å²) in [6.45, 7) is -0.234. The molecule has 0 radical (unpaired) electrons. The number of fused-ring (bicyclic) bond motifs is 1. The van der Waals surface area contributed by atoms with Crippen LogP contribution in [0.5, 0.6) is 5.75 Å². The van der Waals surface area contributed by atoms with Crippen molar-refractivity contribution in [3.05, 3.63) is 53.3 Å². The Hall–Kier alpha value is -3.28. The van der Waals surface area contributed by atoms with Crippen molar-refractivity contribution in [3.8, 4) is 23.3 Å². The van der Waals surface area contributed by atoms with Gasteiger partial charge in [-0.1, -0.05) is 24.8 Å². The van der Waals surface area contributed by atoms with Crippen LogP contribution >= 0.6 is 0 Å². The van der Waals surface area contributed by atoms with Gasteiger partial charge in [0.25, 0.3) is 0 Å². The molecule has 0 saturated heterocycles. The summed E-state index contributed by atoms with van der Waals surface area (Å²) in [4.78, 5) is 18.8. The molecular formula is C25H28F2N4O2. The van der Waals surface area contributed by atoms with Gasteiger partial charge in [0.2, 0.25) is 0 Å². The minimum atomic E-state index is -3.03. The fourth-order valence-electron chi connectivity index (χ4n) is 3.83. The number of aromatic nitrogens is 2. The van der Waals surface area contributed by atoms with Crippen LogP contribution in [0.25, 0.3) is 16.7 Å². The number of halogens is 2. The largest absolute Gasteiger partial charge is 0.433 e. The number of nitrogens with zero attached hydrogens (tertiary/aromatic N) is 3. The van der Waals surface area contributed by atoms with Crippen LogP contribution < -0.4 is 10.1 Å². The van der Waals surface area contributed by atoms with Gasteiger partial charge in [-0.2, -0.15) is 8.78 Å². The van der Waals surface area contributed by atoms with Crippen molar-refractivity contribution in [2.75, 3.05) is 27.7 Å². The number of carbonyl (C=O) groups excluding carboxylic acids is 1. The Morgan fingerprint density at radius 2 is 2.06 bits per heavy atom. The average Bonchev–Trinajstić information content (AvgIpc) is 3.14. The molecule has 8 heteroatoms. The van der Waals surface area contributed by atoms with Crippen LogP contribution in [0.3, 0.4) is 0 Å². The number of nitrogens with one attached hydrogen (secondary N) is 1. The van der Waals surface area contributed by atoms with Gasteiger partial charge in [-0.3, -0.25) is 14.3 Å². The van der Waals surface area contributed by atoms with Gasteiger partial charge in [-0.15, -0.1) is 0 Å². The fourth-order valence-corrected chi connectivity index (χ4v) is 3.83. The molecule has 0 saturated carbocycles. The number of carbonyl (C=O) groups is 1. The van der Waals surface area contributed by atoms with E-state index in [-0.39, 0.29) is 23.0 Å². The van der Waals surface area contributed by atoms with E-state index in [1.807, 2.05) is 51.2 Å². The number of rotatable bonds is 9. The summed E-state index contributed by atoms with van der Waals surface area (Å²) in [6.07, 6.45) is 2.06. The molecule has 3 rings (SSSR count). The number of hydrogen-bond acceptors (Lipinski definition) is 5. The molecule has 6 nitrogen and oxygen atoms in total. The second-order valence-corrected chi connectivity index (χ2v) is 7.74. The molecule has 0 aliphatic heterocycles. The van der Waals surface area contributed by atoms with Gasteiger partial charge in [-0.25, -0.2) is 4.98 Å². The summed E-state index contributed by atoms with van der Waals surface area (Å²) in [5.41, 5.74) is 2.58. The third-order valence-corrected chi connectivity index (χ3v) is 5.32. The third kappa shape index (κ3) is 5.38. The SMILES string of the molecule is CC[C@H](c1nc2ccc(C#CCCNC)cc2n1-c1c(C=O)cccc1OC(F)F)N(C)C. The van der Waals surface area contributed by atoms with Gasteiger partial charge in [0.05, 0.1) is 17.1 Å². The first kappa shape index (κ1) is 24.4. The number of aldehydes is 1. The quantitative estimate of drug-likeness (QED) is 0.295. The topological polar surface area (TPSA) is 59.4 Å². The number of ether oxygens (including phenoxy) is 1. The smallest absolute Gasteiger partial charge is 0.387 e. The van der Waals surface area contributed by atoms with Crippen molar-refractivity contribution >= 4 is 17.3 Å². The lowest BCUT2D eigenvalue weighted by molar-refractivity contribution is -0.0498. The molecular weight excluding hydrogens is 426 g/mol. The van der Waals surface area contributed by atoms with E-state index in [1.54, 1.807) is 10.6 Å². The van der Waals surface area contributed by atoms with Gasteiger partial charge < -0.3 is 10.1 Å². The highest BCUT2D eigenvalue weighted by Gasteiger charge is 2.26. The zero-order chi connectivity index (χ0) is 24.0. The summed E-state index contributed by atoms with van der Waals surface area (Å²) < 4.78 is 33.1. The normalized spacial score (nSPS) is 12.1. The van der Waals surface area contributed by atoms with Gasteiger partial charge in [0, 0.05) is 24.1 Å². The number of hydrogen-bond donors (Lipinski definition) is 1. The zero-order valence-corrected chi connectivity index (χ0v) is 19.2. The van der Waals surface area contributed by atoms with Crippen molar-refractivity contribution < 1.29 is 18.3 Å². The lowest BCUT2D eigenvalue weighted by Gasteiger charge is -2.25. The zero-order valence-electron chi connectivity index (χ0n) is 19.2. The first-order valence-corrected chi connectivity index (χ1v) is 10.8. The molecule has 0 amide bonds. The van der Waals surface area contributed by atoms with E-state index in [1.165, 1.54) is 12.1 Å². The third-order valence-electron chi connectivity index (χ3n) is 5.32. The van der Waals surface area contributed by atoms with Gasteiger partial charge in [0.1, 0.15) is 11.5 Å². The van der Waals surface area contributed by atoms with Crippen LogP contribution in [0.1, 0.15) is 47.6 Å². The summed E-state index contributed by atoms with van der Waals surface area (Å²) in [5, 5.41) is 3.05. The van der Waals surface area contributed by atoms with E-state index in [4.69, 9.17) is 9.72 Å². The Bertz CT molecular complexity index is 1180. The van der Waals surface area contributed by atoms with Crippen LogP contribution in [0.15, 0.2) is 36.4 Å². The molecule has 1 aromatic heterocycles. The molecule has 1 N–H and O–H groups in total. The fraction of sp³-hybridized carbons (Fsp3) is 0.360. The molecule has 0 fully saturated rings. The Balaban J connectivity index is 2.34. The highest BCUT2D eigenvalue weighted by atomic mass is 19.3. The summed E-state index contributed by atoms with van der Waals surface area (Å²) in [6, 6.07) is 10.0. The number of imidazole rings is 1. The van der Waals surface area contributed by atoms with Crippen molar-refractivity contribution in [2.24, 2.45) is 0 Å². The first-order valence-electron chi connectivity index (χ1n) is 10.8. The number of para-hydroxylation sites is 1. The second-order valence-electron chi connectivity index (χ2n) is 7.74. The van der Waals surface area contributed by atoms with E-state index < -0.39 is 6.61 Å². The van der Waals surface area contributed by atoms with E-state index in [9.17, 15) is 13.6 Å². The standard InChI is InChI=1S/C25H28F2N4O2/c1-5-20(30(3)4)24-29-19-13-12-17(9-6-7-14-28-2)15-21(19)31(24)23-18(16-32)10-8-11-22(23)33-25(26)27/h8,10-13,15-16,20,25,28H,5,7,14H2,1-4H3/t20-/m1/s1. The second kappa shape index (κ2) is 11.0. The summed E-state index contributed by atoms with van der Waals surface area (Å²) in [7, 11) is 5.73. The van der Waals surface area contributed by atoms with Crippen LogP contribution in [-0.2, 0) is 0 Å². The predicted molar refractivity (Wildman–Crippen MR) is 125 cm³/mol. The maximum atomic E-state index is 13.2. The molecule has 174 valence electrons. The van der Waals surface area contributed by atoms with E-state index in [0.717, 1.165) is 18.5 Å². The Labute approximate surface area is 192 Å². The monoisotopic (exact) mass is 454 g/mol. The van der Waals surface area contributed by atoms with Crippen LogP contribution in [0.4, 0.5) is 8.78 Å². The summed E-state index contributed by atoms with van der Waals surface area (Å²) in [5.74, 6) is 6.80. The van der Waals surface area contributed by atoms with E-state index in [0.29, 0.717) is 29.6 Å². The van der Waals surface area contributed by atoms with Crippen molar-refractivity contribution in [3.63, 3.8) is 0 Å². The van der Waals surface area contributed by atoms with Crippen molar-refractivity contribution in [2.45, 2.75) is 32.4 Å². The average molecular weight is 455 g/mol. The van der Waals surface area contributed by atoms with Crippen molar-refractivity contribution in [1.82, 2.24) is 19.8 Å². The Morgan fingerprint density at radius 1 is 1.27 bits per heavy atom. The molecule has 2 aromatic carbocycles. The highest BCUT2D eigenvalue weighted by Crippen LogP contribution is 2.35. The molecule has 1 atom stereocenters. The molecule has 3 aromatic rings. The summed E-state index contributed by atoms with van der Waals surface area (Å²) >= 11 is 0. The van der Waals surface area contributed by atoms with E-state index in [2.05, 4.69) is 17.2 Å². The van der Waals surface area contributed by atoms with Crippen molar-refractivity contribution in [1.29, 1.82) is 0 Å². The molecule has 0 aliphatic rings. The molecule has 1 heterocycles. The van der Waals surface area contributed by atoms with Crippen LogP contribution in [-0.4, -0.2) is 55.0 Å². The first-order chi connectivity index (χ1) is 15.9. The molecule has 0 aliphatic carbocycles. The predicted octanol–water partition coefficient (Wildman–Crippen LogP) is 4.41. The minimum absolute atomic E-state index is 0.0886. The van der Waals surface area contributed by atoms with Gasteiger partial charge in [-0.05, 0) is 57.9 Å². The molecule has 0 spiro atoms. The molecule has 0 unspecified atom stereocenters. The minimum Gasteiger partial charge on any atom is -0.433 e. The lowest BCUT2D eigenvalue weighted by atomic mass is 10.1. The van der Waals surface area contributed by atoms with Crippen LogP contribution in [0, 0.1) is 11.8 Å². The highest BCUT2D eigenvalue weighted by molar-refractivity contribution is 5.87. The van der Waals surface area contributed by atoms with Gasteiger partial charge in [0.15, 0.2) is 12.0 Å². The van der Waals surface area contributed by atoms with Crippen LogP contribution in [0.2, 0.25) is 0 Å². The maximum Gasteiger partial charge on any atom is 0.387 e. The lowest BCUT2D eigenvalue weighted by Crippen LogP contribution is -2.23.